The number of aromatic nitrogens is 1. The average molecular weight is 363 g/mol. The third-order valence-corrected chi connectivity index (χ3v) is 4.35. The second-order valence-corrected chi connectivity index (χ2v) is 6.14. The number of amides is 1. The Morgan fingerprint density at radius 2 is 2.00 bits per heavy atom. The maximum Gasteiger partial charge on any atom is 0.216 e. The van der Waals surface area contributed by atoms with Crippen molar-refractivity contribution in [1.29, 1.82) is 5.26 Å². The maximum atomic E-state index is 10.9. The largest absolute Gasteiger partial charge is 0.508 e. The van der Waals surface area contributed by atoms with E-state index in [2.05, 4.69) is 11.4 Å². The van der Waals surface area contributed by atoms with Crippen LogP contribution in [0.15, 0.2) is 42.5 Å². The molecule has 2 aromatic carbocycles. The lowest BCUT2D eigenvalue weighted by atomic mass is 10.1. The number of phenols is 1. The lowest BCUT2D eigenvalue weighted by molar-refractivity contribution is -0.119. The lowest BCUT2D eigenvalue weighted by Crippen LogP contribution is -2.25. The van der Waals surface area contributed by atoms with Crippen molar-refractivity contribution in [1.82, 2.24) is 9.88 Å². The summed E-state index contributed by atoms with van der Waals surface area (Å²) < 4.78 is 7.64. The minimum Gasteiger partial charge on any atom is -0.508 e. The van der Waals surface area contributed by atoms with Crippen LogP contribution in [0.25, 0.3) is 22.2 Å². The number of carbonyl (C=O) groups is 1. The molecule has 138 valence electrons. The molecule has 6 nitrogen and oxygen atoms in total. The van der Waals surface area contributed by atoms with Gasteiger partial charge in [0.15, 0.2) is 0 Å². The van der Waals surface area contributed by atoms with Gasteiger partial charge in [0.1, 0.15) is 24.2 Å². The van der Waals surface area contributed by atoms with E-state index in [0.717, 1.165) is 22.2 Å². The Labute approximate surface area is 157 Å². The fourth-order valence-electron chi connectivity index (χ4n) is 3.18. The van der Waals surface area contributed by atoms with E-state index in [0.29, 0.717) is 31.0 Å². The highest BCUT2D eigenvalue weighted by molar-refractivity contribution is 5.95. The van der Waals surface area contributed by atoms with E-state index < -0.39 is 0 Å². The molecule has 0 unspecified atom stereocenters. The molecule has 2 N–H and O–H groups in total. The fourth-order valence-corrected chi connectivity index (χ4v) is 3.18. The standard InChI is InChI=1S/C21H21N3O3/c1-3-24-20-12-16(26)6-9-18(20)19(13-22)21(24)15-4-7-17(8-5-15)27-11-10-23-14(2)25/h4-9,12,26H,3,10-11H2,1-2H3,(H,23,25). The minimum absolute atomic E-state index is 0.0867. The van der Waals surface area contributed by atoms with Crippen LogP contribution in [0.5, 0.6) is 11.5 Å². The number of nitriles is 1. The van der Waals surface area contributed by atoms with Gasteiger partial charge in [0.2, 0.25) is 5.91 Å². The van der Waals surface area contributed by atoms with E-state index in [4.69, 9.17) is 4.74 Å². The molecule has 27 heavy (non-hydrogen) atoms. The predicted octanol–water partition coefficient (Wildman–Crippen LogP) is 3.42. The van der Waals surface area contributed by atoms with Crippen molar-refractivity contribution in [3.8, 4) is 28.8 Å². The Kier molecular flexibility index (Phi) is 5.32. The second kappa shape index (κ2) is 7.83. The van der Waals surface area contributed by atoms with E-state index in [9.17, 15) is 15.2 Å². The first-order valence-electron chi connectivity index (χ1n) is 8.78. The van der Waals surface area contributed by atoms with Crippen molar-refractivity contribution in [2.75, 3.05) is 13.2 Å². The third-order valence-electron chi connectivity index (χ3n) is 4.35. The number of fused-ring (bicyclic) bond motifs is 1. The number of carbonyl (C=O) groups excluding carboxylic acids is 1. The number of hydrogen-bond donors (Lipinski definition) is 2. The topological polar surface area (TPSA) is 87.3 Å². The van der Waals surface area contributed by atoms with E-state index in [-0.39, 0.29) is 11.7 Å². The van der Waals surface area contributed by atoms with E-state index in [1.54, 1.807) is 18.2 Å². The summed E-state index contributed by atoms with van der Waals surface area (Å²) in [6.45, 7) is 4.98. The van der Waals surface area contributed by atoms with Crippen LogP contribution >= 0.6 is 0 Å². The highest BCUT2D eigenvalue weighted by Crippen LogP contribution is 2.35. The predicted molar refractivity (Wildman–Crippen MR) is 104 cm³/mol. The van der Waals surface area contributed by atoms with Gasteiger partial charge in [-0.1, -0.05) is 0 Å². The maximum absolute atomic E-state index is 10.9. The summed E-state index contributed by atoms with van der Waals surface area (Å²) in [7, 11) is 0. The van der Waals surface area contributed by atoms with Crippen LogP contribution in [-0.4, -0.2) is 28.7 Å². The number of aromatic hydroxyl groups is 1. The summed E-state index contributed by atoms with van der Waals surface area (Å²) >= 11 is 0. The van der Waals surface area contributed by atoms with E-state index in [1.807, 2.05) is 35.8 Å². The van der Waals surface area contributed by atoms with Crippen molar-refractivity contribution in [3.63, 3.8) is 0 Å². The van der Waals surface area contributed by atoms with Crippen molar-refractivity contribution in [2.45, 2.75) is 20.4 Å². The summed E-state index contributed by atoms with van der Waals surface area (Å²) in [5.41, 5.74) is 3.15. The molecule has 0 fully saturated rings. The average Bonchev–Trinajstić information content (AvgIpc) is 2.98. The summed E-state index contributed by atoms with van der Waals surface area (Å²) in [6.07, 6.45) is 0. The Hall–Kier alpha value is -3.46. The van der Waals surface area contributed by atoms with Gasteiger partial charge in [0, 0.05) is 24.9 Å². The smallest absolute Gasteiger partial charge is 0.216 e. The van der Waals surface area contributed by atoms with Gasteiger partial charge < -0.3 is 19.7 Å². The number of benzene rings is 2. The van der Waals surface area contributed by atoms with Crippen LogP contribution in [0.2, 0.25) is 0 Å². The first-order valence-corrected chi connectivity index (χ1v) is 8.78. The zero-order valence-corrected chi connectivity index (χ0v) is 15.3. The monoisotopic (exact) mass is 363 g/mol. The summed E-state index contributed by atoms with van der Waals surface area (Å²) in [6, 6.07) is 14.9. The highest BCUT2D eigenvalue weighted by Gasteiger charge is 2.18. The normalized spacial score (nSPS) is 10.6. The second-order valence-electron chi connectivity index (χ2n) is 6.14. The van der Waals surface area contributed by atoms with Gasteiger partial charge in [-0.15, -0.1) is 0 Å². The number of nitrogens with one attached hydrogen (secondary N) is 1. The first-order chi connectivity index (χ1) is 13.0. The highest BCUT2D eigenvalue weighted by atomic mass is 16.5. The Morgan fingerprint density at radius 1 is 1.26 bits per heavy atom. The van der Waals surface area contributed by atoms with Crippen molar-refractivity contribution >= 4 is 16.8 Å². The molecular weight excluding hydrogens is 342 g/mol. The summed E-state index contributed by atoms with van der Waals surface area (Å²) in [4.78, 5) is 10.9. The summed E-state index contributed by atoms with van der Waals surface area (Å²) in [5, 5.41) is 23.0. The molecule has 0 aliphatic heterocycles. The zero-order chi connectivity index (χ0) is 19.4. The number of nitrogens with zero attached hydrogens (tertiary/aromatic N) is 2. The van der Waals surface area contributed by atoms with E-state index >= 15 is 0 Å². The SMILES string of the molecule is CCn1c(-c2ccc(OCCNC(C)=O)cc2)c(C#N)c2ccc(O)cc21. The van der Waals surface area contributed by atoms with Crippen LogP contribution in [0, 0.1) is 11.3 Å². The van der Waals surface area contributed by atoms with Crippen molar-refractivity contribution in [2.24, 2.45) is 0 Å². The van der Waals surface area contributed by atoms with Gasteiger partial charge in [-0.3, -0.25) is 4.79 Å². The molecule has 6 heteroatoms. The molecular formula is C21H21N3O3. The van der Waals surface area contributed by atoms with Gasteiger partial charge in [-0.25, -0.2) is 0 Å². The van der Waals surface area contributed by atoms with Gasteiger partial charge in [-0.05, 0) is 48.9 Å². The van der Waals surface area contributed by atoms with E-state index in [1.165, 1.54) is 6.92 Å². The molecule has 0 atom stereocenters. The molecule has 0 bridgehead atoms. The third kappa shape index (κ3) is 3.72. The van der Waals surface area contributed by atoms with Crippen LogP contribution in [-0.2, 0) is 11.3 Å². The van der Waals surface area contributed by atoms with Gasteiger partial charge in [-0.2, -0.15) is 5.26 Å². The molecule has 1 aromatic heterocycles. The first kappa shape index (κ1) is 18.3. The fraction of sp³-hybridized carbons (Fsp3) is 0.238. The molecule has 3 aromatic rings. The quantitative estimate of drug-likeness (QED) is 0.657. The molecule has 1 heterocycles. The zero-order valence-electron chi connectivity index (χ0n) is 15.3. The molecule has 0 aliphatic carbocycles. The molecule has 0 saturated heterocycles. The number of aryl methyl sites for hydroxylation is 1. The minimum atomic E-state index is -0.0867. The Bertz CT molecular complexity index is 1010. The van der Waals surface area contributed by atoms with Crippen molar-refractivity contribution < 1.29 is 14.6 Å². The molecule has 1 amide bonds. The van der Waals surface area contributed by atoms with Gasteiger partial charge in [0.05, 0.1) is 23.3 Å². The van der Waals surface area contributed by atoms with Crippen LogP contribution < -0.4 is 10.1 Å². The van der Waals surface area contributed by atoms with Crippen LogP contribution in [0.3, 0.4) is 0 Å². The Balaban J connectivity index is 1.93. The molecule has 0 aliphatic rings. The van der Waals surface area contributed by atoms with Crippen LogP contribution in [0.4, 0.5) is 0 Å². The molecule has 0 radical (unpaired) electrons. The number of rotatable bonds is 6. The van der Waals surface area contributed by atoms with Crippen molar-refractivity contribution in [3.05, 3.63) is 48.0 Å². The molecule has 0 saturated carbocycles. The number of hydrogen-bond acceptors (Lipinski definition) is 4. The van der Waals surface area contributed by atoms with Gasteiger partial charge >= 0.3 is 0 Å². The van der Waals surface area contributed by atoms with Gasteiger partial charge in [0.25, 0.3) is 0 Å². The molecule has 3 rings (SSSR count). The molecule has 0 spiro atoms. The Morgan fingerprint density at radius 3 is 2.63 bits per heavy atom. The number of ether oxygens (including phenoxy) is 1. The number of phenolic OH excluding ortho intramolecular Hbond substituents is 1. The lowest BCUT2D eigenvalue weighted by Gasteiger charge is -2.10. The van der Waals surface area contributed by atoms with Crippen LogP contribution in [0.1, 0.15) is 19.4 Å². The summed E-state index contributed by atoms with van der Waals surface area (Å²) in [5.74, 6) is 0.782.